The summed E-state index contributed by atoms with van der Waals surface area (Å²) in [5.41, 5.74) is 1.08. The molecule has 0 radical (unpaired) electrons. The molecule has 2 rings (SSSR count). The molecule has 0 amide bonds. The highest BCUT2D eigenvalue weighted by Crippen LogP contribution is 2.24. The second-order valence-electron chi connectivity index (χ2n) is 3.96. The van der Waals surface area contributed by atoms with Crippen LogP contribution in [0.2, 0.25) is 0 Å². The molecule has 1 heterocycles. The number of anilines is 1. The van der Waals surface area contributed by atoms with Crippen LogP contribution in [0.25, 0.3) is 0 Å². The normalized spacial score (nSPS) is 10.2. The lowest BCUT2D eigenvalue weighted by Crippen LogP contribution is -2.07. The highest BCUT2D eigenvalue weighted by atomic mass is 19.1. The Kier molecular flexibility index (Phi) is 4.02. The zero-order valence-corrected chi connectivity index (χ0v) is 10.0. The minimum absolute atomic E-state index is 0.258. The molecule has 0 saturated carbocycles. The summed E-state index contributed by atoms with van der Waals surface area (Å²) in [6, 6.07) is 7.23. The molecular weight excluding hydrogens is 249 g/mol. The molecule has 0 atom stereocenters. The molecule has 6 heteroatoms. The van der Waals surface area contributed by atoms with E-state index < -0.39 is 10.7 Å². The smallest absolute Gasteiger partial charge is 0.295 e. The van der Waals surface area contributed by atoms with Crippen LogP contribution in [0.5, 0.6) is 0 Å². The van der Waals surface area contributed by atoms with E-state index in [1.807, 2.05) is 12.1 Å². The predicted molar refractivity (Wildman–Crippen MR) is 69.5 cm³/mol. The van der Waals surface area contributed by atoms with Gasteiger partial charge >= 0.3 is 0 Å². The van der Waals surface area contributed by atoms with E-state index in [9.17, 15) is 14.5 Å². The quantitative estimate of drug-likeness (QED) is 0.663. The average molecular weight is 261 g/mol. The van der Waals surface area contributed by atoms with Gasteiger partial charge in [-0.1, -0.05) is 6.07 Å². The molecule has 0 bridgehead atoms. The molecule has 2 aromatic rings. The number of nitrogens with one attached hydrogen (secondary N) is 1. The number of nitrogens with zero attached hydrogens (tertiary/aromatic N) is 2. The van der Waals surface area contributed by atoms with Gasteiger partial charge in [0.15, 0.2) is 0 Å². The Morgan fingerprint density at radius 1 is 1.37 bits per heavy atom. The molecule has 0 unspecified atom stereocenters. The van der Waals surface area contributed by atoms with Crippen LogP contribution in [0, 0.1) is 15.9 Å². The molecule has 0 fully saturated rings. The molecule has 0 aliphatic heterocycles. The van der Waals surface area contributed by atoms with E-state index in [1.54, 1.807) is 12.4 Å². The number of pyridine rings is 1. The molecule has 0 aliphatic carbocycles. The van der Waals surface area contributed by atoms with Crippen LogP contribution < -0.4 is 5.32 Å². The van der Waals surface area contributed by atoms with Gasteiger partial charge in [-0.3, -0.25) is 15.1 Å². The number of hydrogen-bond donors (Lipinski definition) is 1. The molecule has 1 aromatic heterocycles. The third-order valence-electron chi connectivity index (χ3n) is 2.61. The van der Waals surface area contributed by atoms with Gasteiger partial charge in [0.05, 0.1) is 11.0 Å². The van der Waals surface area contributed by atoms with Crippen LogP contribution >= 0.6 is 0 Å². The van der Waals surface area contributed by atoms with Crippen molar-refractivity contribution in [3.05, 3.63) is 64.2 Å². The monoisotopic (exact) mass is 261 g/mol. The SMILES string of the molecule is O=[N+]([O-])c1cc(F)ccc1NCCc1cccnc1. The van der Waals surface area contributed by atoms with Crippen molar-refractivity contribution in [3.8, 4) is 0 Å². The van der Waals surface area contributed by atoms with Crippen LogP contribution in [0.3, 0.4) is 0 Å². The van der Waals surface area contributed by atoms with Gasteiger partial charge in [0.25, 0.3) is 5.69 Å². The minimum Gasteiger partial charge on any atom is -0.379 e. The molecule has 19 heavy (non-hydrogen) atoms. The Bertz CT molecular complexity index is 575. The van der Waals surface area contributed by atoms with Crippen molar-refractivity contribution in [1.29, 1.82) is 0 Å². The summed E-state index contributed by atoms with van der Waals surface area (Å²) in [5.74, 6) is -0.621. The van der Waals surface area contributed by atoms with Gasteiger partial charge in [-0.05, 0) is 30.2 Å². The molecule has 1 N–H and O–H groups in total. The topological polar surface area (TPSA) is 68.1 Å². The Morgan fingerprint density at radius 2 is 2.21 bits per heavy atom. The first-order chi connectivity index (χ1) is 9.16. The Labute approximate surface area is 109 Å². The summed E-state index contributed by atoms with van der Waals surface area (Å²) in [4.78, 5) is 14.2. The number of nitro groups is 1. The van der Waals surface area contributed by atoms with Crippen molar-refractivity contribution in [2.75, 3.05) is 11.9 Å². The van der Waals surface area contributed by atoms with E-state index in [0.29, 0.717) is 18.7 Å². The standard InChI is InChI=1S/C13H12FN3O2/c14-11-3-4-12(13(8-11)17(18)19)16-7-5-10-2-1-6-15-9-10/h1-4,6,8-9,16H,5,7H2. The summed E-state index contributed by atoms with van der Waals surface area (Å²) in [7, 11) is 0. The van der Waals surface area contributed by atoms with E-state index in [1.165, 1.54) is 12.1 Å². The van der Waals surface area contributed by atoms with Crippen LogP contribution in [-0.2, 0) is 6.42 Å². The Hall–Kier alpha value is -2.50. The Morgan fingerprint density at radius 3 is 2.89 bits per heavy atom. The summed E-state index contributed by atoms with van der Waals surface area (Å²) in [6.07, 6.45) is 4.10. The van der Waals surface area contributed by atoms with Crippen LogP contribution in [0.15, 0.2) is 42.7 Å². The van der Waals surface area contributed by atoms with Crippen molar-refractivity contribution in [2.24, 2.45) is 0 Å². The van der Waals surface area contributed by atoms with Crippen molar-refractivity contribution in [1.82, 2.24) is 4.98 Å². The van der Waals surface area contributed by atoms with Crippen LogP contribution in [-0.4, -0.2) is 16.5 Å². The summed E-state index contributed by atoms with van der Waals surface area (Å²) in [6.45, 7) is 0.512. The largest absolute Gasteiger partial charge is 0.379 e. The zero-order chi connectivity index (χ0) is 13.7. The Balaban J connectivity index is 2.02. The molecule has 0 aliphatic rings. The lowest BCUT2D eigenvalue weighted by molar-refractivity contribution is -0.384. The summed E-state index contributed by atoms with van der Waals surface area (Å²) >= 11 is 0. The highest BCUT2D eigenvalue weighted by Gasteiger charge is 2.14. The highest BCUT2D eigenvalue weighted by molar-refractivity contribution is 5.61. The third-order valence-corrected chi connectivity index (χ3v) is 2.61. The van der Waals surface area contributed by atoms with E-state index in [4.69, 9.17) is 0 Å². The fourth-order valence-corrected chi connectivity index (χ4v) is 1.69. The average Bonchev–Trinajstić information content (AvgIpc) is 2.41. The van der Waals surface area contributed by atoms with Crippen LogP contribution in [0.1, 0.15) is 5.56 Å². The lowest BCUT2D eigenvalue weighted by atomic mass is 10.2. The second-order valence-corrected chi connectivity index (χ2v) is 3.96. The van der Waals surface area contributed by atoms with Gasteiger partial charge in [-0.2, -0.15) is 0 Å². The first-order valence-corrected chi connectivity index (χ1v) is 5.73. The third kappa shape index (κ3) is 3.48. The number of halogens is 1. The first-order valence-electron chi connectivity index (χ1n) is 5.73. The molecule has 0 saturated heterocycles. The summed E-state index contributed by atoms with van der Waals surface area (Å²) in [5, 5.41) is 13.7. The van der Waals surface area contributed by atoms with Crippen molar-refractivity contribution in [3.63, 3.8) is 0 Å². The zero-order valence-electron chi connectivity index (χ0n) is 10.0. The fourth-order valence-electron chi connectivity index (χ4n) is 1.69. The van der Waals surface area contributed by atoms with E-state index in [2.05, 4.69) is 10.3 Å². The van der Waals surface area contributed by atoms with Gasteiger partial charge in [0.1, 0.15) is 11.5 Å². The fraction of sp³-hybridized carbons (Fsp3) is 0.154. The summed E-state index contributed by atoms with van der Waals surface area (Å²) < 4.78 is 13.0. The molecule has 1 aromatic carbocycles. The number of benzene rings is 1. The van der Waals surface area contributed by atoms with Gasteiger partial charge < -0.3 is 5.32 Å². The van der Waals surface area contributed by atoms with E-state index in [-0.39, 0.29) is 5.69 Å². The van der Waals surface area contributed by atoms with E-state index >= 15 is 0 Å². The molecule has 0 spiro atoms. The molecular formula is C13H12FN3O2. The van der Waals surface area contributed by atoms with Gasteiger partial charge in [-0.25, -0.2) is 4.39 Å². The molecule has 98 valence electrons. The van der Waals surface area contributed by atoms with Crippen molar-refractivity contribution < 1.29 is 9.31 Å². The van der Waals surface area contributed by atoms with Gasteiger partial charge in [0, 0.05) is 18.9 Å². The number of hydrogen-bond acceptors (Lipinski definition) is 4. The lowest BCUT2D eigenvalue weighted by Gasteiger charge is -2.07. The molecule has 5 nitrogen and oxygen atoms in total. The maximum absolute atomic E-state index is 13.0. The van der Waals surface area contributed by atoms with Crippen LogP contribution in [0.4, 0.5) is 15.8 Å². The number of nitro benzene ring substituents is 1. The van der Waals surface area contributed by atoms with Crippen molar-refractivity contribution >= 4 is 11.4 Å². The van der Waals surface area contributed by atoms with Gasteiger partial charge in [0.2, 0.25) is 0 Å². The second kappa shape index (κ2) is 5.90. The maximum atomic E-state index is 13.0. The number of aromatic nitrogens is 1. The van der Waals surface area contributed by atoms with E-state index in [0.717, 1.165) is 11.6 Å². The maximum Gasteiger partial charge on any atom is 0.295 e. The first kappa shape index (κ1) is 12.9. The van der Waals surface area contributed by atoms with Crippen molar-refractivity contribution in [2.45, 2.75) is 6.42 Å². The van der Waals surface area contributed by atoms with Gasteiger partial charge in [-0.15, -0.1) is 0 Å². The number of rotatable bonds is 5. The minimum atomic E-state index is -0.621. The predicted octanol–water partition coefficient (Wildman–Crippen LogP) is 2.78.